The van der Waals surface area contributed by atoms with E-state index in [9.17, 15) is 14.9 Å². The van der Waals surface area contributed by atoms with Gasteiger partial charge in [-0.05, 0) is 49.4 Å². The number of nitrogens with one attached hydrogen (secondary N) is 1. The van der Waals surface area contributed by atoms with E-state index in [1.165, 1.54) is 12.1 Å². The minimum Gasteiger partial charge on any atom is -0.462 e. The van der Waals surface area contributed by atoms with Gasteiger partial charge in [0.25, 0.3) is 0 Å². The Balaban J connectivity index is 2.41. The molecule has 0 fully saturated rings. The lowest BCUT2D eigenvalue weighted by molar-refractivity contribution is -0.138. The van der Waals surface area contributed by atoms with Crippen molar-refractivity contribution < 1.29 is 14.3 Å². The zero-order chi connectivity index (χ0) is 19.6. The highest BCUT2D eigenvalue weighted by Gasteiger charge is 2.17. The molecule has 7 heteroatoms. The van der Waals surface area contributed by atoms with Crippen LogP contribution in [0.4, 0.5) is 5.69 Å². The SMILES string of the molecule is CCOC(=O)/C(C#N)=C/C(=N/Nc1ccccc1)C(=O)c1ccc(Cl)cc1. The summed E-state index contributed by atoms with van der Waals surface area (Å²) >= 11 is 5.85. The number of hydrogen-bond donors (Lipinski definition) is 1. The number of rotatable bonds is 7. The van der Waals surface area contributed by atoms with Crippen LogP contribution in [0.1, 0.15) is 17.3 Å². The van der Waals surface area contributed by atoms with E-state index < -0.39 is 11.8 Å². The average molecular weight is 382 g/mol. The molecule has 0 unspecified atom stereocenters. The van der Waals surface area contributed by atoms with Crippen molar-refractivity contribution in [1.82, 2.24) is 0 Å². The van der Waals surface area contributed by atoms with Crippen LogP contribution in [-0.4, -0.2) is 24.1 Å². The largest absolute Gasteiger partial charge is 0.462 e. The van der Waals surface area contributed by atoms with Crippen LogP contribution in [0.25, 0.3) is 0 Å². The van der Waals surface area contributed by atoms with Crippen molar-refractivity contribution in [2.45, 2.75) is 6.92 Å². The predicted molar refractivity (Wildman–Crippen MR) is 104 cm³/mol. The van der Waals surface area contributed by atoms with Gasteiger partial charge in [-0.3, -0.25) is 10.2 Å². The number of carbonyl (C=O) groups excluding carboxylic acids is 2. The van der Waals surface area contributed by atoms with Gasteiger partial charge in [-0.2, -0.15) is 10.4 Å². The van der Waals surface area contributed by atoms with Gasteiger partial charge in [-0.15, -0.1) is 0 Å². The van der Waals surface area contributed by atoms with Crippen molar-refractivity contribution in [3.05, 3.63) is 76.8 Å². The first-order valence-electron chi connectivity index (χ1n) is 8.03. The van der Waals surface area contributed by atoms with Crippen LogP contribution >= 0.6 is 11.6 Å². The van der Waals surface area contributed by atoms with Crippen molar-refractivity contribution in [1.29, 1.82) is 5.26 Å². The number of nitriles is 1. The molecule has 0 heterocycles. The zero-order valence-corrected chi connectivity index (χ0v) is 15.2. The van der Waals surface area contributed by atoms with E-state index in [0.717, 1.165) is 6.08 Å². The van der Waals surface area contributed by atoms with Gasteiger partial charge in [0.2, 0.25) is 5.78 Å². The van der Waals surface area contributed by atoms with Crippen molar-refractivity contribution >= 4 is 34.8 Å². The van der Waals surface area contributed by atoms with Crippen LogP contribution in [0.2, 0.25) is 5.02 Å². The molecule has 0 aliphatic heterocycles. The lowest BCUT2D eigenvalue weighted by Crippen LogP contribution is -2.17. The Labute approximate surface area is 161 Å². The fourth-order valence-corrected chi connectivity index (χ4v) is 2.14. The number of Topliss-reactive ketones (excluding diaryl/α,β-unsaturated/α-hetero) is 1. The monoisotopic (exact) mass is 381 g/mol. The van der Waals surface area contributed by atoms with Crippen LogP contribution in [0.5, 0.6) is 0 Å². The summed E-state index contributed by atoms with van der Waals surface area (Å²) in [6, 6.07) is 16.9. The third kappa shape index (κ3) is 5.80. The Bertz CT molecular complexity index is 914. The van der Waals surface area contributed by atoms with Crippen molar-refractivity contribution in [3.63, 3.8) is 0 Å². The van der Waals surface area contributed by atoms with Gasteiger partial charge >= 0.3 is 5.97 Å². The lowest BCUT2D eigenvalue weighted by Gasteiger charge is -2.05. The Kier molecular flexibility index (Phi) is 7.29. The van der Waals surface area contributed by atoms with Crippen LogP contribution < -0.4 is 5.43 Å². The number of nitrogens with zero attached hydrogens (tertiary/aromatic N) is 2. The van der Waals surface area contributed by atoms with Crippen LogP contribution in [-0.2, 0) is 9.53 Å². The number of carbonyl (C=O) groups is 2. The third-order valence-corrected chi connectivity index (χ3v) is 3.57. The number of ether oxygens (including phenoxy) is 1. The first-order chi connectivity index (χ1) is 13.0. The van der Waals surface area contributed by atoms with Gasteiger partial charge in [0.05, 0.1) is 12.3 Å². The number of ketones is 1. The van der Waals surface area contributed by atoms with E-state index in [-0.39, 0.29) is 17.9 Å². The molecule has 1 N–H and O–H groups in total. The highest BCUT2D eigenvalue weighted by Crippen LogP contribution is 2.12. The molecular formula is C20H16ClN3O3. The summed E-state index contributed by atoms with van der Waals surface area (Å²) in [6.07, 6.45) is 1.10. The number of hydrogen-bond acceptors (Lipinski definition) is 6. The smallest absolute Gasteiger partial charge is 0.348 e. The fourth-order valence-electron chi connectivity index (χ4n) is 2.02. The number of halogens is 1. The Morgan fingerprint density at radius 3 is 2.44 bits per heavy atom. The molecule has 6 nitrogen and oxygen atoms in total. The fraction of sp³-hybridized carbons (Fsp3) is 0.100. The number of esters is 1. The normalized spacial score (nSPS) is 11.4. The molecule has 136 valence electrons. The molecule has 27 heavy (non-hydrogen) atoms. The maximum Gasteiger partial charge on any atom is 0.348 e. The summed E-state index contributed by atoms with van der Waals surface area (Å²) in [6.45, 7) is 1.73. The number of allylic oxidation sites excluding steroid dienone is 1. The Hall–Kier alpha value is -3.43. The molecular weight excluding hydrogens is 366 g/mol. The molecule has 0 spiro atoms. The van der Waals surface area contributed by atoms with E-state index in [4.69, 9.17) is 16.3 Å². The second-order valence-corrected chi connectivity index (χ2v) is 5.64. The maximum atomic E-state index is 12.8. The average Bonchev–Trinajstić information content (AvgIpc) is 2.69. The molecule has 0 aromatic heterocycles. The van der Waals surface area contributed by atoms with Gasteiger partial charge in [-0.25, -0.2) is 4.79 Å². The quantitative estimate of drug-likeness (QED) is 0.195. The minimum absolute atomic E-state index is 0.109. The van der Waals surface area contributed by atoms with Crippen molar-refractivity contribution in [2.24, 2.45) is 5.10 Å². The van der Waals surface area contributed by atoms with Gasteiger partial charge < -0.3 is 4.74 Å². The minimum atomic E-state index is -0.823. The standard InChI is InChI=1S/C20H16ClN3O3/c1-2-27-20(26)15(13-22)12-18(24-23-17-6-4-3-5-7-17)19(25)14-8-10-16(21)11-9-14/h3-12,23H,2H2,1H3/b15-12+,24-18-. The number of para-hydroxylation sites is 1. The topological polar surface area (TPSA) is 91.6 Å². The number of anilines is 1. The molecule has 2 aromatic carbocycles. The summed E-state index contributed by atoms with van der Waals surface area (Å²) in [5, 5.41) is 13.8. The van der Waals surface area contributed by atoms with Crippen molar-refractivity contribution in [2.75, 3.05) is 12.0 Å². The summed E-state index contributed by atoms with van der Waals surface area (Å²) < 4.78 is 4.83. The molecule has 0 aliphatic rings. The lowest BCUT2D eigenvalue weighted by atomic mass is 10.0. The second-order valence-electron chi connectivity index (χ2n) is 5.20. The first-order valence-corrected chi connectivity index (χ1v) is 8.41. The maximum absolute atomic E-state index is 12.8. The molecule has 2 aromatic rings. The van der Waals surface area contributed by atoms with E-state index in [0.29, 0.717) is 16.3 Å². The van der Waals surface area contributed by atoms with Crippen molar-refractivity contribution in [3.8, 4) is 6.07 Å². The number of benzene rings is 2. The highest BCUT2D eigenvalue weighted by atomic mass is 35.5. The third-order valence-electron chi connectivity index (χ3n) is 3.32. The molecule has 2 rings (SSSR count). The molecule has 0 saturated carbocycles. The van der Waals surface area contributed by atoms with Gasteiger partial charge in [0.15, 0.2) is 0 Å². The molecule has 0 bridgehead atoms. The van der Waals surface area contributed by atoms with E-state index in [2.05, 4.69) is 10.5 Å². The summed E-state index contributed by atoms with van der Waals surface area (Å²) in [7, 11) is 0. The predicted octanol–water partition coefficient (Wildman–Crippen LogP) is 4.00. The molecule has 0 saturated heterocycles. The van der Waals surface area contributed by atoms with E-state index in [1.807, 2.05) is 6.07 Å². The summed E-state index contributed by atoms with van der Waals surface area (Å²) in [4.78, 5) is 24.7. The second kappa shape index (κ2) is 9.90. The van der Waals surface area contributed by atoms with Crippen LogP contribution in [0.3, 0.4) is 0 Å². The van der Waals surface area contributed by atoms with E-state index >= 15 is 0 Å². The van der Waals surface area contributed by atoms with Crippen LogP contribution in [0, 0.1) is 11.3 Å². The molecule has 0 amide bonds. The molecule has 0 radical (unpaired) electrons. The summed E-state index contributed by atoms with van der Waals surface area (Å²) in [5.74, 6) is -1.30. The van der Waals surface area contributed by atoms with Gasteiger partial charge in [0, 0.05) is 10.6 Å². The van der Waals surface area contributed by atoms with Gasteiger partial charge in [-0.1, -0.05) is 29.8 Å². The zero-order valence-electron chi connectivity index (χ0n) is 14.5. The first kappa shape index (κ1) is 19.9. The number of hydrazone groups is 1. The Morgan fingerprint density at radius 2 is 1.85 bits per heavy atom. The van der Waals surface area contributed by atoms with Gasteiger partial charge in [0.1, 0.15) is 17.4 Å². The Morgan fingerprint density at radius 1 is 1.19 bits per heavy atom. The molecule has 0 atom stereocenters. The highest BCUT2D eigenvalue weighted by molar-refractivity contribution is 6.50. The molecule has 0 aliphatic carbocycles. The van der Waals surface area contributed by atoms with Crippen LogP contribution in [0.15, 0.2) is 71.3 Å². The summed E-state index contributed by atoms with van der Waals surface area (Å²) in [5.41, 5.74) is 3.25. The van der Waals surface area contributed by atoms with E-state index in [1.54, 1.807) is 49.4 Å².